The third-order valence-electron chi connectivity index (χ3n) is 1.47. The van der Waals surface area contributed by atoms with Crippen LogP contribution >= 0.6 is 23.2 Å². The van der Waals surface area contributed by atoms with Gasteiger partial charge in [-0.2, -0.15) is 0 Å². The van der Waals surface area contributed by atoms with Crippen molar-refractivity contribution in [3.05, 3.63) is 41.0 Å². The number of aliphatic imine (C=N–C) groups is 1. The van der Waals surface area contributed by atoms with E-state index in [1.54, 1.807) is 18.2 Å². The maximum Gasteiger partial charge on any atom is 0.103 e. The number of anilines is 1. The monoisotopic (exact) mass is 228 g/mol. The number of halogens is 2. The zero-order valence-electron chi connectivity index (χ0n) is 7.72. The zero-order chi connectivity index (χ0) is 10.6. The summed E-state index contributed by atoms with van der Waals surface area (Å²) >= 11 is 11.7. The quantitative estimate of drug-likeness (QED) is 0.602. The smallest absolute Gasteiger partial charge is 0.103 e. The molecule has 1 aromatic carbocycles. The molecule has 0 unspecified atom stereocenters. The van der Waals surface area contributed by atoms with E-state index in [-0.39, 0.29) is 0 Å². The van der Waals surface area contributed by atoms with Crippen molar-refractivity contribution in [1.82, 2.24) is 0 Å². The van der Waals surface area contributed by atoms with E-state index < -0.39 is 0 Å². The van der Waals surface area contributed by atoms with Crippen molar-refractivity contribution < 1.29 is 0 Å². The van der Waals surface area contributed by atoms with Gasteiger partial charge < -0.3 is 5.32 Å². The Morgan fingerprint density at radius 3 is 2.43 bits per heavy atom. The van der Waals surface area contributed by atoms with Crippen molar-refractivity contribution in [1.29, 1.82) is 0 Å². The van der Waals surface area contributed by atoms with E-state index in [0.717, 1.165) is 11.5 Å². The first kappa shape index (κ1) is 11.1. The van der Waals surface area contributed by atoms with Gasteiger partial charge in [-0.05, 0) is 25.1 Å². The molecule has 0 radical (unpaired) electrons. The first-order chi connectivity index (χ1) is 6.61. The molecule has 14 heavy (non-hydrogen) atoms. The molecule has 0 aliphatic rings. The number of rotatable bonds is 2. The van der Waals surface area contributed by atoms with Gasteiger partial charge in [-0.1, -0.05) is 29.8 Å². The van der Waals surface area contributed by atoms with Crippen LogP contribution in [0.2, 0.25) is 10.0 Å². The summed E-state index contributed by atoms with van der Waals surface area (Å²) in [5, 5.41) is 4.21. The number of hydrogen-bond donors (Lipinski definition) is 1. The Kier molecular flexibility index (Phi) is 3.98. The highest BCUT2D eigenvalue weighted by atomic mass is 35.5. The molecule has 4 heteroatoms. The lowest BCUT2D eigenvalue weighted by Crippen LogP contribution is -2.06. The van der Waals surface area contributed by atoms with Crippen molar-refractivity contribution in [2.45, 2.75) is 6.92 Å². The maximum absolute atomic E-state index is 5.83. The highest BCUT2D eigenvalue weighted by Crippen LogP contribution is 2.22. The van der Waals surface area contributed by atoms with E-state index in [4.69, 9.17) is 23.2 Å². The van der Waals surface area contributed by atoms with Crippen LogP contribution in [0.4, 0.5) is 5.69 Å². The van der Waals surface area contributed by atoms with Crippen molar-refractivity contribution in [3.8, 4) is 0 Å². The van der Waals surface area contributed by atoms with Crippen LogP contribution in [0.1, 0.15) is 6.92 Å². The molecule has 0 aromatic heterocycles. The lowest BCUT2D eigenvalue weighted by atomic mass is 10.3. The summed E-state index contributed by atoms with van der Waals surface area (Å²) in [7, 11) is 0. The van der Waals surface area contributed by atoms with Gasteiger partial charge in [0.1, 0.15) is 5.84 Å². The second-order valence-corrected chi connectivity index (χ2v) is 3.55. The van der Waals surface area contributed by atoms with Crippen LogP contribution in [0.3, 0.4) is 0 Å². The number of hydrogen-bond acceptors (Lipinski definition) is 1. The molecule has 2 nitrogen and oxygen atoms in total. The van der Waals surface area contributed by atoms with Gasteiger partial charge in [0.15, 0.2) is 0 Å². The van der Waals surface area contributed by atoms with Crippen LogP contribution in [0.15, 0.2) is 36.0 Å². The summed E-state index contributed by atoms with van der Waals surface area (Å²) in [6.45, 7) is 5.33. The minimum Gasteiger partial charge on any atom is -0.344 e. The molecule has 0 aliphatic carbocycles. The zero-order valence-corrected chi connectivity index (χ0v) is 9.23. The molecule has 0 heterocycles. The Bertz CT molecular complexity index is 352. The highest BCUT2D eigenvalue weighted by molar-refractivity contribution is 6.35. The van der Waals surface area contributed by atoms with Crippen LogP contribution < -0.4 is 5.32 Å². The summed E-state index contributed by atoms with van der Waals surface area (Å²) in [5.74, 6) is 0.735. The highest BCUT2D eigenvalue weighted by Gasteiger charge is 1.98. The molecule has 1 aromatic rings. The molecule has 0 saturated carbocycles. The van der Waals surface area contributed by atoms with Crippen LogP contribution in [0.25, 0.3) is 0 Å². The Balaban J connectivity index is 2.86. The first-order valence-electron chi connectivity index (χ1n) is 4.00. The Morgan fingerprint density at radius 1 is 1.36 bits per heavy atom. The molecule has 74 valence electrons. The van der Waals surface area contributed by atoms with Gasteiger partial charge in [0, 0.05) is 21.9 Å². The Labute approximate surface area is 93.3 Å². The van der Waals surface area contributed by atoms with Crippen molar-refractivity contribution in [2.75, 3.05) is 5.32 Å². The third-order valence-corrected chi connectivity index (χ3v) is 1.91. The average Bonchev–Trinajstić information content (AvgIpc) is 2.01. The van der Waals surface area contributed by atoms with E-state index >= 15 is 0 Å². The summed E-state index contributed by atoms with van der Waals surface area (Å²) in [6.07, 6.45) is 1.47. The number of amidine groups is 1. The van der Waals surface area contributed by atoms with Gasteiger partial charge in [0.05, 0.1) is 0 Å². The van der Waals surface area contributed by atoms with E-state index in [0.29, 0.717) is 10.0 Å². The predicted octanol–water partition coefficient (Wildman–Crippen LogP) is 3.97. The summed E-state index contributed by atoms with van der Waals surface area (Å²) in [5.41, 5.74) is 0.811. The predicted molar refractivity (Wildman–Crippen MR) is 63.4 cm³/mol. The largest absolute Gasteiger partial charge is 0.344 e. The second-order valence-electron chi connectivity index (χ2n) is 2.68. The number of benzene rings is 1. The summed E-state index contributed by atoms with van der Waals surface area (Å²) < 4.78 is 0. The lowest BCUT2D eigenvalue weighted by molar-refractivity contribution is 1.49. The molecule has 0 atom stereocenters. The number of nitrogens with zero attached hydrogens (tertiary/aromatic N) is 1. The molecule has 1 N–H and O–H groups in total. The van der Waals surface area contributed by atoms with E-state index in [1.165, 1.54) is 6.20 Å². The van der Waals surface area contributed by atoms with Crippen molar-refractivity contribution in [3.63, 3.8) is 0 Å². The molecular formula is C10H10Cl2N2. The van der Waals surface area contributed by atoms with E-state index in [9.17, 15) is 0 Å². The van der Waals surface area contributed by atoms with Crippen LogP contribution in [-0.2, 0) is 0 Å². The molecular weight excluding hydrogens is 219 g/mol. The van der Waals surface area contributed by atoms with Gasteiger partial charge >= 0.3 is 0 Å². The second kappa shape index (κ2) is 5.03. The Hall–Kier alpha value is -0.990. The minimum absolute atomic E-state index is 0.589. The van der Waals surface area contributed by atoms with Gasteiger partial charge in [-0.25, -0.2) is 4.99 Å². The lowest BCUT2D eigenvalue weighted by Gasteiger charge is -2.05. The number of nitrogens with one attached hydrogen (secondary N) is 1. The molecule has 1 rings (SSSR count). The SMILES string of the molecule is C=CN=C(C)Nc1cc(Cl)cc(Cl)c1. The topological polar surface area (TPSA) is 24.4 Å². The normalized spacial score (nSPS) is 11.2. The van der Waals surface area contributed by atoms with Gasteiger partial charge in [0.25, 0.3) is 0 Å². The summed E-state index contributed by atoms with van der Waals surface area (Å²) in [6, 6.07) is 5.22. The van der Waals surface area contributed by atoms with Gasteiger partial charge in [-0.3, -0.25) is 0 Å². The van der Waals surface area contributed by atoms with E-state index in [2.05, 4.69) is 16.9 Å². The molecule has 0 spiro atoms. The molecule has 0 saturated heterocycles. The molecule has 0 fully saturated rings. The fourth-order valence-corrected chi connectivity index (χ4v) is 1.53. The molecule has 0 amide bonds. The minimum atomic E-state index is 0.589. The van der Waals surface area contributed by atoms with Gasteiger partial charge in [-0.15, -0.1) is 0 Å². The fourth-order valence-electron chi connectivity index (χ4n) is 1.00. The standard InChI is InChI=1S/C10H10Cl2N2/c1-3-13-7(2)14-10-5-8(11)4-9(12)6-10/h3-6H,1H2,2H3,(H,13,14). The van der Waals surface area contributed by atoms with E-state index in [1.807, 2.05) is 6.92 Å². The van der Waals surface area contributed by atoms with Crippen molar-refractivity contribution in [2.24, 2.45) is 4.99 Å². The van der Waals surface area contributed by atoms with Crippen LogP contribution in [0.5, 0.6) is 0 Å². The fraction of sp³-hybridized carbons (Fsp3) is 0.100. The Morgan fingerprint density at radius 2 is 1.93 bits per heavy atom. The van der Waals surface area contributed by atoms with Crippen LogP contribution in [0, 0.1) is 0 Å². The van der Waals surface area contributed by atoms with Crippen molar-refractivity contribution >= 4 is 34.7 Å². The molecule has 0 aliphatic heterocycles. The van der Waals surface area contributed by atoms with Crippen LogP contribution in [-0.4, -0.2) is 5.84 Å². The average molecular weight is 229 g/mol. The third kappa shape index (κ3) is 3.40. The first-order valence-corrected chi connectivity index (χ1v) is 4.76. The van der Waals surface area contributed by atoms with Gasteiger partial charge in [0.2, 0.25) is 0 Å². The summed E-state index contributed by atoms with van der Waals surface area (Å²) in [4.78, 5) is 3.96. The molecule has 0 bridgehead atoms. The maximum atomic E-state index is 5.83.